The first kappa shape index (κ1) is 13.3. The molecule has 0 aliphatic carbocycles. The molecule has 100 valence electrons. The summed E-state index contributed by atoms with van der Waals surface area (Å²) in [5.41, 5.74) is 0.875. The van der Waals surface area contributed by atoms with Crippen molar-refractivity contribution < 1.29 is 9.47 Å². The summed E-state index contributed by atoms with van der Waals surface area (Å²) in [6.45, 7) is 0.445. The molecule has 0 radical (unpaired) electrons. The number of methoxy groups -OCH3 is 2. The number of nitrogens with zero attached hydrogens (tertiary/aromatic N) is 4. The Bertz CT molecular complexity index is 567. The van der Waals surface area contributed by atoms with Crippen molar-refractivity contribution in [2.24, 2.45) is 0 Å². The fraction of sp³-hybridized carbons (Fsp3) is 0.273. The maximum absolute atomic E-state index is 5.75. The number of hydrogen-bond acceptors (Lipinski definition) is 7. The summed E-state index contributed by atoms with van der Waals surface area (Å²) in [7, 11) is 3.02. The van der Waals surface area contributed by atoms with E-state index in [1.807, 2.05) is 12.1 Å². The first-order chi connectivity index (χ1) is 9.22. The van der Waals surface area contributed by atoms with E-state index in [9.17, 15) is 0 Å². The molecule has 0 aliphatic heterocycles. The van der Waals surface area contributed by atoms with E-state index in [1.54, 1.807) is 13.3 Å². The van der Waals surface area contributed by atoms with Gasteiger partial charge in [-0.1, -0.05) is 6.07 Å². The lowest BCUT2D eigenvalue weighted by Crippen LogP contribution is -2.07. The molecule has 0 aliphatic rings. The molecule has 0 bridgehead atoms. The van der Waals surface area contributed by atoms with E-state index in [4.69, 9.17) is 21.1 Å². The van der Waals surface area contributed by atoms with Crippen LogP contribution in [0.3, 0.4) is 0 Å². The molecule has 2 aromatic heterocycles. The highest BCUT2D eigenvalue weighted by Gasteiger charge is 2.07. The number of pyridine rings is 1. The summed E-state index contributed by atoms with van der Waals surface area (Å²) < 4.78 is 10.1. The standard InChI is InChI=1S/C11H12ClN5O2/c1-18-8-7(4-3-5-13-8)6-14-10-15-9(12)16-11(17-10)19-2/h3-5H,6H2,1-2H3,(H,14,15,16,17). The summed E-state index contributed by atoms with van der Waals surface area (Å²) in [5, 5.41) is 3.07. The Hall–Kier alpha value is -2.15. The zero-order chi connectivity index (χ0) is 13.7. The van der Waals surface area contributed by atoms with Crippen LogP contribution in [0.25, 0.3) is 0 Å². The fourth-order valence-corrected chi connectivity index (χ4v) is 1.57. The molecule has 1 N–H and O–H groups in total. The van der Waals surface area contributed by atoms with Gasteiger partial charge in [0.05, 0.1) is 14.2 Å². The monoisotopic (exact) mass is 281 g/mol. The number of aromatic nitrogens is 4. The molecule has 0 unspecified atom stereocenters. The maximum atomic E-state index is 5.75. The SMILES string of the molecule is COc1nc(Cl)nc(NCc2cccnc2OC)n1. The quantitative estimate of drug-likeness (QED) is 0.890. The second-order valence-electron chi connectivity index (χ2n) is 3.44. The van der Waals surface area contributed by atoms with Gasteiger partial charge in [-0.2, -0.15) is 15.0 Å². The van der Waals surface area contributed by atoms with Crippen molar-refractivity contribution in [3.05, 3.63) is 29.2 Å². The molecule has 0 saturated heterocycles. The third kappa shape index (κ3) is 3.41. The Labute approximate surface area is 115 Å². The number of anilines is 1. The van der Waals surface area contributed by atoms with E-state index >= 15 is 0 Å². The van der Waals surface area contributed by atoms with Gasteiger partial charge in [0.15, 0.2) is 0 Å². The Balaban J connectivity index is 2.12. The maximum Gasteiger partial charge on any atom is 0.322 e. The lowest BCUT2D eigenvalue weighted by Gasteiger charge is -2.08. The summed E-state index contributed by atoms with van der Waals surface area (Å²) in [6.07, 6.45) is 1.66. The van der Waals surface area contributed by atoms with Crippen molar-refractivity contribution in [2.75, 3.05) is 19.5 Å². The molecule has 8 heteroatoms. The van der Waals surface area contributed by atoms with Gasteiger partial charge in [-0.25, -0.2) is 4.98 Å². The van der Waals surface area contributed by atoms with E-state index in [-0.39, 0.29) is 11.3 Å². The molecular formula is C11H12ClN5O2. The van der Waals surface area contributed by atoms with Crippen LogP contribution in [-0.4, -0.2) is 34.2 Å². The first-order valence-corrected chi connectivity index (χ1v) is 5.78. The molecule has 0 spiro atoms. The average molecular weight is 282 g/mol. The Morgan fingerprint density at radius 1 is 1.21 bits per heavy atom. The predicted molar refractivity (Wildman–Crippen MR) is 69.5 cm³/mol. The van der Waals surface area contributed by atoms with Crippen LogP contribution >= 0.6 is 11.6 Å². The van der Waals surface area contributed by atoms with Gasteiger partial charge in [0.1, 0.15) is 0 Å². The predicted octanol–water partition coefficient (Wildman–Crippen LogP) is 1.55. The largest absolute Gasteiger partial charge is 0.481 e. The minimum atomic E-state index is 0.0625. The Kier molecular flexibility index (Phi) is 4.30. The fourth-order valence-electron chi connectivity index (χ4n) is 1.42. The minimum Gasteiger partial charge on any atom is -0.481 e. The van der Waals surface area contributed by atoms with E-state index < -0.39 is 0 Å². The highest BCUT2D eigenvalue weighted by atomic mass is 35.5. The smallest absolute Gasteiger partial charge is 0.322 e. The third-order valence-electron chi connectivity index (χ3n) is 2.25. The summed E-state index contributed by atoms with van der Waals surface area (Å²) in [5.74, 6) is 0.866. The molecule has 7 nitrogen and oxygen atoms in total. The molecule has 2 aromatic rings. The van der Waals surface area contributed by atoms with Crippen molar-refractivity contribution in [1.29, 1.82) is 0 Å². The van der Waals surface area contributed by atoms with Crippen molar-refractivity contribution >= 4 is 17.5 Å². The van der Waals surface area contributed by atoms with E-state index in [0.29, 0.717) is 18.4 Å². The van der Waals surface area contributed by atoms with Crippen LogP contribution in [0.5, 0.6) is 11.9 Å². The zero-order valence-electron chi connectivity index (χ0n) is 10.4. The van der Waals surface area contributed by atoms with Crippen LogP contribution in [0.2, 0.25) is 5.28 Å². The number of nitrogens with one attached hydrogen (secondary N) is 1. The number of ether oxygens (including phenoxy) is 2. The topological polar surface area (TPSA) is 82.1 Å². The van der Waals surface area contributed by atoms with Crippen LogP contribution in [0.1, 0.15) is 5.56 Å². The third-order valence-corrected chi connectivity index (χ3v) is 2.42. The highest BCUT2D eigenvalue weighted by Crippen LogP contribution is 2.16. The number of halogens is 1. The van der Waals surface area contributed by atoms with Crippen LogP contribution in [-0.2, 0) is 6.54 Å². The van der Waals surface area contributed by atoms with Crippen LogP contribution in [0.15, 0.2) is 18.3 Å². The van der Waals surface area contributed by atoms with Crippen LogP contribution in [0, 0.1) is 0 Å². The van der Waals surface area contributed by atoms with Crippen molar-refractivity contribution in [3.8, 4) is 11.9 Å². The summed E-state index contributed by atoms with van der Waals surface area (Å²) in [6, 6.07) is 3.86. The van der Waals surface area contributed by atoms with Gasteiger partial charge in [-0.3, -0.25) is 0 Å². The highest BCUT2D eigenvalue weighted by molar-refractivity contribution is 6.28. The minimum absolute atomic E-state index is 0.0625. The molecule has 0 fully saturated rings. The van der Waals surface area contributed by atoms with E-state index in [2.05, 4.69) is 25.3 Å². The van der Waals surface area contributed by atoms with Gasteiger partial charge >= 0.3 is 6.01 Å². The molecule has 0 aromatic carbocycles. The molecule has 19 heavy (non-hydrogen) atoms. The molecule has 0 saturated carbocycles. The van der Waals surface area contributed by atoms with Gasteiger partial charge in [-0.05, 0) is 17.7 Å². The van der Waals surface area contributed by atoms with Gasteiger partial charge in [0.25, 0.3) is 0 Å². The zero-order valence-corrected chi connectivity index (χ0v) is 11.2. The molecule has 2 heterocycles. The van der Waals surface area contributed by atoms with Crippen molar-refractivity contribution in [1.82, 2.24) is 19.9 Å². The molecule has 0 atom stereocenters. The molecule has 0 amide bonds. The lowest BCUT2D eigenvalue weighted by molar-refractivity contribution is 0.378. The van der Waals surface area contributed by atoms with Crippen molar-refractivity contribution in [3.63, 3.8) is 0 Å². The van der Waals surface area contributed by atoms with E-state index in [1.165, 1.54) is 7.11 Å². The number of rotatable bonds is 5. The van der Waals surface area contributed by atoms with Crippen LogP contribution < -0.4 is 14.8 Å². The first-order valence-electron chi connectivity index (χ1n) is 5.40. The molecule has 2 rings (SSSR count). The Morgan fingerprint density at radius 3 is 2.79 bits per heavy atom. The number of hydrogen-bond donors (Lipinski definition) is 1. The van der Waals surface area contributed by atoms with Gasteiger partial charge in [0.2, 0.25) is 17.1 Å². The van der Waals surface area contributed by atoms with Gasteiger partial charge in [0, 0.05) is 18.3 Å². The Morgan fingerprint density at radius 2 is 2.05 bits per heavy atom. The van der Waals surface area contributed by atoms with Gasteiger partial charge < -0.3 is 14.8 Å². The van der Waals surface area contributed by atoms with Gasteiger partial charge in [-0.15, -0.1) is 0 Å². The molecular weight excluding hydrogens is 270 g/mol. The van der Waals surface area contributed by atoms with Crippen LogP contribution in [0.4, 0.5) is 5.95 Å². The average Bonchev–Trinajstić information content (AvgIpc) is 2.44. The second kappa shape index (κ2) is 6.14. The normalized spacial score (nSPS) is 10.1. The summed E-state index contributed by atoms with van der Waals surface area (Å²) >= 11 is 5.75. The van der Waals surface area contributed by atoms with E-state index in [0.717, 1.165) is 5.56 Å². The second-order valence-corrected chi connectivity index (χ2v) is 3.78. The van der Waals surface area contributed by atoms with Crippen molar-refractivity contribution in [2.45, 2.75) is 6.54 Å². The lowest BCUT2D eigenvalue weighted by atomic mass is 10.3. The summed E-state index contributed by atoms with van der Waals surface area (Å²) in [4.78, 5) is 15.8.